The Hall–Kier alpha value is -1.30. The van der Waals surface area contributed by atoms with Gasteiger partial charge >= 0.3 is 0 Å². The van der Waals surface area contributed by atoms with Gasteiger partial charge in [-0.1, -0.05) is 36.4 Å². The van der Waals surface area contributed by atoms with Crippen LogP contribution < -0.4 is 0 Å². The first-order valence-corrected chi connectivity index (χ1v) is 4.84. The summed E-state index contributed by atoms with van der Waals surface area (Å²) in [4.78, 5) is 0. The van der Waals surface area contributed by atoms with Crippen LogP contribution in [0.5, 0.6) is 0 Å². The molecule has 0 N–H and O–H groups in total. The van der Waals surface area contributed by atoms with Crippen LogP contribution in [0.4, 0.5) is 0 Å². The maximum Gasteiger partial charge on any atom is -0.00990 e. The molecule has 0 spiro atoms. The van der Waals surface area contributed by atoms with Crippen molar-refractivity contribution in [3.05, 3.63) is 48.0 Å². The van der Waals surface area contributed by atoms with E-state index in [1.807, 2.05) is 0 Å². The largest absolute Gasteiger partial charge is 0.0616 e. The summed E-state index contributed by atoms with van der Waals surface area (Å²) in [5, 5.41) is 2.65. The number of rotatable bonds is 1. The minimum atomic E-state index is 0.833. The molecule has 1 saturated carbocycles. The average molecular weight is 167 g/mol. The van der Waals surface area contributed by atoms with Crippen LogP contribution >= 0.6 is 0 Å². The van der Waals surface area contributed by atoms with E-state index in [1.54, 1.807) is 0 Å². The van der Waals surface area contributed by atoms with Crippen molar-refractivity contribution in [2.45, 2.75) is 18.8 Å². The van der Waals surface area contributed by atoms with Crippen molar-refractivity contribution >= 4 is 10.8 Å². The molecule has 3 rings (SSSR count). The Balaban J connectivity index is 2.32. The normalized spacial score (nSPS) is 16.3. The summed E-state index contributed by atoms with van der Waals surface area (Å²) in [6.07, 6.45) is 2.74. The molecule has 13 heavy (non-hydrogen) atoms. The molecule has 63 valence electrons. The maximum absolute atomic E-state index is 3.27. The van der Waals surface area contributed by atoms with Crippen LogP contribution in [0.25, 0.3) is 10.8 Å². The zero-order chi connectivity index (χ0) is 8.67. The first-order chi connectivity index (χ1) is 6.45. The molecule has 0 heteroatoms. The van der Waals surface area contributed by atoms with Crippen molar-refractivity contribution in [3.8, 4) is 0 Å². The van der Waals surface area contributed by atoms with E-state index in [2.05, 4.69) is 42.5 Å². The molecule has 2 aromatic carbocycles. The first kappa shape index (κ1) is 7.14. The van der Waals surface area contributed by atoms with Gasteiger partial charge in [0.05, 0.1) is 0 Å². The van der Waals surface area contributed by atoms with Gasteiger partial charge in [-0.05, 0) is 41.2 Å². The topological polar surface area (TPSA) is 0 Å². The van der Waals surface area contributed by atoms with Crippen LogP contribution in [0.2, 0.25) is 0 Å². The monoisotopic (exact) mass is 167 g/mol. The standard InChI is InChI=1S/C13H11/c1-2-6-12-10(4-1)5-3-7-13(12)11-8-9-11/h1-4,6-7,11H,8-9H2. The van der Waals surface area contributed by atoms with Gasteiger partial charge in [-0.3, -0.25) is 0 Å². The zero-order valence-corrected chi connectivity index (χ0v) is 7.46. The summed E-state index contributed by atoms with van der Waals surface area (Å²) < 4.78 is 0. The minimum Gasteiger partial charge on any atom is -0.0616 e. The Morgan fingerprint density at radius 3 is 2.77 bits per heavy atom. The van der Waals surface area contributed by atoms with Gasteiger partial charge in [0.2, 0.25) is 0 Å². The predicted molar refractivity (Wildman–Crippen MR) is 54.8 cm³/mol. The van der Waals surface area contributed by atoms with Gasteiger partial charge < -0.3 is 0 Å². The molecular formula is C13H11. The van der Waals surface area contributed by atoms with E-state index >= 15 is 0 Å². The summed E-state index contributed by atoms with van der Waals surface area (Å²) in [5.74, 6) is 0.833. The van der Waals surface area contributed by atoms with Gasteiger partial charge in [-0.25, -0.2) is 0 Å². The number of benzene rings is 2. The molecule has 0 amide bonds. The Bertz CT molecular complexity index is 433. The van der Waals surface area contributed by atoms with Gasteiger partial charge in [0, 0.05) is 0 Å². The van der Waals surface area contributed by atoms with Crippen molar-refractivity contribution in [2.24, 2.45) is 0 Å². The molecule has 2 aromatic rings. The third-order valence-electron chi connectivity index (χ3n) is 2.76. The van der Waals surface area contributed by atoms with E-state index in [1.165, 1.54) is 29.2 Å². The van der Waals surface area contributed by atoms with E-state index in [0.29, 0.717) is 0 Å². The third-order valence-corrected chi connectivity index (χ3v) is 2.76. The van der Waals surface area contributed by atoms with E-state index in [0.717, 1.165) is 5.92 Å². The van der Waals surface area contributed by atoms with Gasteiger partial charge in [0.25, 0.3) is 0 Å². The molecule has 0 aromatic heterocycles. The lowest BCUT2D eigenvalue weighted by molar-refractivity contribution is 1.15. The van der Waals surface area contributed by atoms with Crippen molar-refractivity contribution in [1.82, 2.24) is 0 Å². The predicted octanol–water partition coefficient (Wildman–Crippen LogP) is 3.52. The highest BCUT2D eigenvalue weighted by Gasteiger charge is 2.24. The second kappa shape index (κ2) is 2.59. The van der Waals surface area contributed by atoms with Crippen molar-refractivity contribution < 1.29 is 0 Å². The van der Waals surface area contributed by atoms with Crippen LogP contribution in [0, 0.1) is 6.07 Å². The Morgan fingerprint density at radius 2 is 1.92 bits per heavy atom. The van der Waals surface area contributed by atoms with E-state index in [-0.39, 0.29) is 0 Å². The summed E-state index contributed by atoms with van der Waals surface area (Å²) >= 11 is 0. The molecule has 0 bridgehead atoms. The van der Waals surface area contributed by atoms with Crippen LogP contribution in [0.3, 0.4) is 0 Å². The Morgan fingerprint density at radius 1 is 1.08 bits per heavy atom. The summed E-state index contributed by atoms with van der Waals surface area (Å²) in [6.45, 7) is 0. The highest BCUT2D eigenvalue weighted by atomic mass is 14.3. The lowest BCUT2D eigenvalue weighted by atomic mass is 10.0. The van der Waals surface area contributed by atoms with Crippen LogP contribution in [-0.4, -0.2) is 0 Å². The minimum absolute atomic E-state index is 0.833. The van der Waals surface area contributed by atoms with Crippen LogP contribution in [0.15, 0.2) is 36.4 Å². The fourth-order valence-electron chi connectivity index (χ4n) is 1.92. The molecular weight excluding hydrogens is 156 g/mol. The van der Waals surface area contributed by atoms with Crippen molar-refractivity contribution in [1.29, 1.82) is 0 Å². The molecule has 1 aliphatic rings. The van der Waals surface area contributed by atoms with Crippen LogP contribution in [0.1, 0.15) is 24.3 Å². The zero-order valence-electron chi connectivity index (χ0n) is 7.46. The molecule has 0 nitrogen and oxygen atoms in total. The van der Waals surface area contributed by atoms with Gasteiger partial charge in [0.15, 0.2) is 0 Å². The summed E-state index contributed by atoms with van der Waals surface area (Å²) in [5.41, 5.74) is 1.52. The number of hydrogen-bond donors (Lipinski definition) is 0. The van der Waals surface area contributed by atoms with Crippen LogP contribution in [-0.2, 0) is 0 Å². The highest BCUT2D eigenvalue weighted by molar-refractivity contribution is 5.85. The molecule has 0 atom stereocenters. The smallest absolute Gasteiger partial charge is 0.00990 e. The van der Waals surface area contributed by atoms with E-state index in [4.69, 9.17) is 0 Å². The number of fused-ring (bicyclic) bond motifs is 1. The second-order valence-electron chi connectivity index (χ2n) is 3.75. The molecule has 1 fully saturated rings. The third kappa shape index (κ3) is 1.14. The SMILES string of the molecule is [c]1ccc(C2CC2)c2ccccc12. The second-order valence-corrected chi connectivity index (χ2v) is 3.75. The molecule has 1 aliphatic carbocycles. The lowest BCUT2D eigenvalue weighted by Gasteiger charge is -2.03. The van der Waals surface area contributed by atoms with E-state index < -0.39 is 0 Å². The average Bonchev–Trinajstić information content (AvgIpc) is 3.00. The highest BCUT2D eigenvalue weighted by Crippen LogP contribution is 2.42. The molecule has 0 unspecified atom stereocenters. The molecule has 0 heterocycles. The van der Waals surface area contributed by atoms with Crippen molar-refractivity contribution in [3.63, 3.8) is 0 Å². The van der Waals surface area contributed by atoms with Gasteiger partial charge in [-0.2, -0.15) is 0 Å². The van der Waals surface area contributed by atoms with Gasteiger partial charge in [0.1, 0.15) is 0 Å². The maximum atomic E-state index is 3.27. The van der Waals surface area contributed by atoms with Crippen molar-refractivity contribution in [2.75, 3.05) is 0 Å². The molecule has 0 aliphatic heterocycles. The Kier molecular flexibility index (Phi) is 1.42. The fraction of sp³-hybridized carbons (Fsp3) is 0.231. The lowest BCUT2D eigenvalue weighted by Crippen LogP contribution is -1.81. The number of hydrogen-bond acceptors (Lipinski definition) is 0. The molecule has 1 radical (unpaired) electrons. The summed E-state index contributed by atoms with van der Waals surface area (Å²) in [6, 6.07) is 16.1. The fourth-order valence-corrected chi connectivity index (χ4v) is 1.92. The summed E-state index contributed by atoms with van der Waals surface area (Å²) in [7, 11) is 0. The Labute approximate surface area is 78.2 Å². The first-order valence-electron chi connectivity index (χ1n) is 4.84. The van der Waals surface area contributed by atoms with Gasteiger partial charge in [-0.15, -0.1) is 0 Å². The van der Waals surface area contributed by atoms with E-state index in [9.17, 15) is 0 Å². The molecule has 0 saturated heterocycles. The quantitative estimate of drug-likeness (QED) is 0.609.